The van der Waals surface area contributed by atoms with E-state index in [1.165, 1.54) is 11.0 Å². The Morgan fingerprint density at radius 2 is 1.84 bits per heavy atom. The molecule has 2 bridgehead atoms. The maximum absolute atomic E-state index is 13.0. The zero-order valence-corrected chi connectivity index (χ0v) is 13.2. The number of fused-ring (bicyclic) bond motifs is 6. The van der Waals surface area contributed by atoms with Crippen LogP contribution in [-0.2, 0) is 9.53 Å². The summed E-state index contributed by atoms with van der Waals surface area (Å²) in [5, 5.41) is 23.2. The lowest BCUT2D eigenvalue weighted by atomic mass is 9.81. The summed E-state index contributed by atoms with van der Waals surface area (Å²) in [6.45, 7) is 0. The number of rotatable bonds is 2. The molecule has 128 valence electrons. The molecule has 0 radical (unpaired) electrons. The van der Waals surface area contributed by atoms with Gasteiger partial charge in [0.15, 0.2) is 0 Å². The standard InChI is InChI=1S/C18H16N2O5/c21-17-15-13-7-8-14(25-13)16(15)18(22)19(17)11-5-6-12(20(23)24)10-4-2-1-3-9(10)11/h1-6,13-17,21H,7-8H2. The van der Waals surface area contributed by atoms with Crippen molar-refractivity contribution in [3.05, 3.63) is 46.5 Å². The van der Waals surface area contributed by atoms with Crippen LogP contribution in [0.4, 0.5) is 11.4 Å². The molecular formula is C18H16N2O5. The van der Waals surface area contributed by atoms with E-state index in [1.807, 2.05) is 0 Å². The van der Waals surface area contributed by atoms with Gasteiger partial charge in [0.05, 0.1) is 34.1 Å². The summed E-state index contributed by atoms with van der Waals surface area (Å²) in [5.41, 5.74) is 0.511. The van der Waals surface area contributed by atoms with Gasteiger partial charge in [-0.05, 0) is 25.0 Å². The first-order valence-electron chi connectivity index (χ1n) is 8.40. The third kappa shape index (κ3) is 1.85. The van der Waals surface area contributed by atoms with Gasteiger partial charge in [-0.2, -0.15) is 0 Å². The van der Waals surface area contributed by atoms with E-state index in [-0.39, 0.29) is 35.6 Å². The van der Waals surface area contributed by atoms with Crippen molar-refractivity contribution in [2.45, 2.75) is 31.3 Å². The number of benzene rings is 2. The first kappa shape index (κ1) is 14.8. The molecule has 2 aromatic carbocycles. The summed E-state index contributed by atoms with van der Waals surface area (Å²) >= 11 is 0. The number of aliphatic hydroxyl groups excluding tert-OH is 1. The number of anilines is 1. The Morgan fingerprint density at radius 1 is 1.12 bits per heavy atom. The highest BCUT2D eigenvalue weighted by Crippen LogP contribution is 2.52. The number of carbonyl (C=O) groups excluding carboxylic acids is 1. The molecule has 3 heterocycles. The molecule has 0 saturated carbocycles. The summed E-state index contributed by atoms with van der Waals surface area (Å²) in [6.07, 6.45) is 0.553. The Kier molecular flexibility index (Phi) is 2.96. The quantitative estimate of drug-likeness (QED) is 0.668. The van der Waals surface area contributed by atoms with Crippen molar-refractivity contribution in [2.24, 2.45) is 11.8 Å². The zero-order chi connectivity index (χ0) is 17.3. The number of non-ortho nitro benzene ring substituents is 1. The Morgan fingerprint density at radius 3 is 2.56 bits per heavy atom. The SMILES string of the molecule is O=C1C2C3CCC(O3)C2C(O)N1c1ccc([N+](=O)[O-])c2ccccc12. The lowest BCUT2D eigenvalue weighted by Gasteiger charge is -2.26. The van der Waals surface area contributed by atoms with Crippen LogP contribution in [0.2, 0.25) is 0 Å². The molecule has 25 heavy (non-hydrogen) atoms. The number of ether oxygens (including phenoxy) is 1. The van der Waals surface area contributed by atoms with Gasteiger partial charge < -0.3 is 9.84 Å². The number of nitro benzene ring substituents is 1. The van der Waals surface area contributed by atoms with Crippen LogP contribution >= 0.6 is 0 Å². The second-order valence-corrected chi connectivity index (χ2v) is 6.92. The second-order valence-electron chi connectivity index (χ2n) is 6.92. The molecule has 1 N–H and O–H groups in total. The monoisotopic (exact) mass is 340 g/mol. The van der Waals surface area contributed by atoms with Crippen LogP contribution in [0.1, 0.15) is 12.8 Å². The molecule has 0 aliphatic carbocycles. The Balaban J connectivity index is 1.66. The van der Waals surface area contributed by atoms with Crippen LogP contribution in [0.25, 0.3) is 10.8 Å². The zero-order valence-electron chi connectivity index (χ0n) is 13.2. The van der Waals surface area contributed by atoms with E-state index >= 15 is 0 Å². The van der Waals surface area contributed by atoms with E-state index in [2.05, 4.69) is 0 Å². The van der Waals surface area contributed by atoms with Crippen LogP contribution in [0.3, 0.4) is 0 Å². The van der Waals surface area contributed by atoms with Gasteiger partial charge in [-0.3, -0.25) is 19.8 Å². The predicted molar refractivity (Wildman–Crippen MR) is 89.0 cm³/mol. The van der Waals surface area contributed by atoms with E-state index < -0.39 is 11.2 Å². The van der Waals surface area contributed by atoms with Crippen molar-refractivity contribution in [3.8, 4) is 0 Å². The smallest absolute Gasteiger partial charge is 0.277 e. The van der Waals surface area contributed by atoms with Gasteiger partial charge in [0.2, 0.25) is 5.91 Å². The van der Waals surface area contributed by atoms with Gasteiger partial charge >= 0.3 is 0 Å². The van der Waals surface area contributed by atoms with Crippen LogP contribution in [0.15, 0.2) is 36.4 Å². The molecule has 0 spiro atoms. The molecule has 3 fully saturated rings. The maximum atomic E-state index is 13.0. The van der Waals surface area contributed by atoms with E-state index in [4.69, 9.17) is 4.74 Å². The van der Waals surface area contributed by atoms with Crippen molar-refractivity contribution in [2.75, 3.05) is 4.90 Å². The maximum Gasteiger partial charge on any atom is 0.277 e. The van der Waals surface area contributed by atoms with E-state index in [9.17, 15) is 20.0 Å². The third-order valence-electron chi connectivity index (χ3n) is 5.80. The minimum Gasteiger partial charge on any atom is -0.374 e. The minimum atomic E-state index is -0.960. The van der Waals surface area contributed by atoms with Gasteiger partial charge in [-0.25, -0.2) is 0 Å². The molecule has 5 rings (SSSR count). The van der Waals surface area contributed by atoms with Crippen LogP contribution < -0.4 is 4.90 Å². The molecule has 2 aromatic rings. The topological polar surface area (TPSA) is 92.9 Å². The van der Waals surface area contributed by atoms with E-state index in [1.54, 1.807) is 30.3 Å². The first-order chi connectivity index (χ1) is 12.1. The molecule has 5 atom stereocenters. The number of nitrogens with zero attached hydrogens (tertiary/aromatic N) is 2. The fourth-order valence-electron chi connectivity index (χ4n) is 4.78. The average molecular weight is 340 g/mol. The Bertz CT molecular complexity index is 913. The Hall–Kier alpha value is -2.51. The van der Waals surface area contributed by atoms with Gasteiger partial charge in [0.1, 0.15) is 6.23 Å². The van der Waals surface area contributed by atoms with Crippen molar-refractivity contribution in [3.63, 3.8) is 0 Å². The average Bonchev–Trinajstić information content (AvgIpc) is 3.28. The second kappa shape index (κ2) is 5.00. The minimum absolute atomic E-state index is 0.0101. The third-order valence-corrected chi connectivity index (χ3v) is 5.80. The lowest BCUT2D eigenvalue weighted by Crippen LogP contribution is -2.38. The van der Waals surface area contributed by atoms with Crippen molar-refractivity contribution >= 4 is 28.1 Å². The summed E-state index contributed by atoms with van der Waals surface area (Å²) in [7, 11) is 0. The van der Waals surface area contributed by atoms with Crippen molar-refractivity contribution in [1.82, 2.24) is 0 Å². The molecule has 3 aliphatic rings. The highest BCUT2D eigenvalue weighted by molar-refractivity contribution is 6.08. The lowest BCUT2D eigenvalue weighted by molar-refractivity contribution is -0.383. The number of carbonyl (C=O) groups is 1. The normalized spacial score (nSPS) is 33.2. The molecule has 7 heteroatoms. The van der Waals surface area contributed by atoms with Crippen LogP contribution in [0.5, 0.6) is 0 Å². The highest BCUT2D eigenvalue weighted by atomic mass is 16.6. The molecule has 3 saturated heterocycles. The van der Waals surface area contributed by atoms with Crippen LogP contribution in [-0.4, -0.2) is 34.4 Å². The van der Waals surface area contributed by atoms with Gasteiger partial charge in [-0.1, -0.05) is 18.2 Å². The van der Waals surface area contributed by atoms with Crippen molar-refractivity contribution in [1.29, 1.82) is 0 Å². The van der Waals surface area contributed by atoms with E-state index in [0.717, 1.165) is 12.8 Å². The van der Waals surface area contributed by atoms with Crippen LogP contribution in [0, 0.1) is 22.0 Å². The number of amides is 1. The van der Waals surface area contributed by atoms with Gasteiger partial charge in [0, 0.05) is 17.4 Å². The number of hydrogen-bond acceptors (Lipinski definition) is 5. The van der Waals surface area contributed by atoms with Gasteiger partial charge in [-0.15, -0.1) is 0 Å². The molecule has 1 amide bonds. The number of aliphatic hydroxyl groups is 1. The summed E-state index contributed by atoms with van der Waals surface area (Å²) in [4.78, 5) is 25.3. The first-order valence-corrected chi connectivity index (χ1v) is 8.40. The fraction of sp³-hybridized carbons (Fsp3) is 0.389. The largest absolute Gasteiger partial charge is 0.374 e. The summed E-state index contributed by atoms with van der Waals surface area (Å²) in [5.74, 6) is -0.688. The molecule has 7 nitrogen and oxygen atoms in total. The molecular weight excluding hydrogens is 324 g/mol. The van der Waals surface area contributed by atoms with E-state index in [0.29, 0.717) is 16.5 Å². The summed E-state index contributed by atoms with van der Waals surface area (Å²) < 4.78 is 5.81. The number of hydrogen-bond donors (Lipinski definition) is 1. The number of nitro groups is 1. The molecule has 5 unspecified atom stereocenters. The highest BCUT2D eigenvalue weighted by Gasteiger charge is 2.62. The fourth-order valence-corrected chi connectivity index (χ4v) is 4.78. The predicted octanol–water partition coefficient (Wildman–Crippen LogP) is 2.21. The summed E-state index contributed by atoms with van der Waals surface area (Å²) in [6, 6.07) is 9.87. The van der Waals surface area contributed by atoms with Crippen molar-refractivity contribution < 1.29 is 19.6 Å². The van der Waals surface area contributed by atoms with Gasteiger partial charge in [0.25, 0.3) is 5.69 Å². The molecule has 3 aliphatic heterocycles. The molecule has 0 aromatic heterocycles. The Labute approximate surface area is 142 Å².